The second-order valence-corrected chi connectivity index (χ2v) is 6.32. The average Bonchev–Trinajstić information content (AvgIpc) is 2.80. The van der Waals surface area contributed by atoms with Gasteiger partial charge in [0.1, 0.15) is 11.5 Å². The second kappa shape index (κ2) is 5.48. The molecule has 0 spiro atoms. The number of aromatic amines is 1. The number of aromatic nitrogens is 1. The number of H-pyrrole nitrogens is 1. The number of carbonyl (C=O) groups excluding carboxylic acids is 1. The van der Waals surface area contributed by atoms with Gasteiger partial charge in [-0.2, -0.15) is 0 Å². The molecular weight excluding hydrogens is 343 g/mol. The second-order valence-electron chi connectivity index (χ2n) is 5.40. The van der Waals surface area contributed by atoms with Crippen LogP contribution < -0.4 is 5.32 Å². The van der Waals surface area contributed by atoms with Crippen LogP contribution in [-0.2, 0) is 4.79 Å². The summed E-state index contributed by atoms with van der Waals surface area (Å²) in [6.45, 7) is 3.00. The summed E-state index contributed by atoms with van der Waals surface area (Å²) in [7, 11) is 0. The van der Waals surface area contributed by atoms with Gasteiger partial charge in [0.2, 0.25) is 0 Å². The summed E-state index contributed by atoms with van der Waals surface area (Å²) in [5.41, 5.74) is -0.400. The Morgan fingerprint density at radius 2 is 2.05 bits per heavy atom. The molecule has 7 heteroatoms. The molecule has 2 rings (SSSR count). The van der Waals surface area contributed by atoms with Crippen molar-refractivity contribution >= 4 is 38.7 Å². The van der Waals surface area contributed by atoms with Crippen molar-refractivity contribution in [3.63, 3.8) is 0 Å². The van der Waals surface area contributed by atoms with Crippen LogP contribution in [0.1, 0.15) is 24.3 Å². The first-order chi connectivity index (χ1) is 9.70. The van der Waals surface area contributed by atoms with E-state index in [1.54, 1.807) is 6.07 Å². The van der Waals surface area contributed by atoms with Gasteiger partial charge >= 0.3 is 5.97 Å². The molecular formula is C14H14BrFN2O3. The summed E-state index contributed by atoms with van der Waals surface area (Å²) in [6.07, 6.45) is 0. The number of hydrogen-bond donors (Lipinski definition) is 3. The molecule has 0 bridgehead atoms. The third-order valence-electron chi connectivity index (χ3n) is 3.17. The number of carbonyl (C=O) groups is 2. The third-order valence-corrected chi connectivity index (χ3v) is 3.62. The van der Waals surface area contributed by atoms with E-state index in [1.165, 1.54) is 26.0 Å². The number of carboxylic acid groups (broad SMARTS) is 1. The van der Waals surface area contributed by atoms with Crippen LogP contribution in [0.2, 0.25) is 0 Å². The van der Waals surface area contributed by atoms with Crippen molar-refractivity contribution in [1.82, 2.24) is 10.3 Å². The molecule has 0 atom stereocenters. The topological polar surface area (TPSA) is 82.2 Å². The van der Waals surface area contributed by atoms with Crippen LogP contribution >= 0.6 is 15.9 Å². The molecule has 5 nitrogen and oxygen atoms in total. The van der Waals surface area contributed by atoms with Crippen LogP contribution in [-0.4, -0.2) is 28.5 Å². The van der Waals surface area contributed by atoms with Crippen molar-refractivity contribution in [1.29, 1.82) is 0 Å². The summed E-state index contributed by atoms with van der Waals surface area (Å²) >= 11 is 3.18. The number of aliphatic carboxylic acids is 1. The van der Waals surface area contributed by atoms with Gasteiger partial charge in [0, 0.05) is 16.4 Å². The maximum Gasteiger partial charge on any atom is 0.310 e. The molecule has 0 radical (unpaired) electrons. The van der Waals surface area contributed by atoms with Gasteiger partial charge in [-0.1, -0.05) is 15.9 Å². The average molecular weight is 357 g/mol. The van der Waals surface area contributed by atoms with Crippen molar-refractivity contribution in [3.8, 4) is 0 Å². The number of halogens is 2. The molecule has 0 saturated carbocycles. The monoisotopic (exact) mass is 356 g/mol. The summed E-state index contributed by atoms with van der Waals surface area (Å²) < 4.78 is 14.3. The molecule has 1 heterocycles. The van der Waals surface area contributed by atoms with Crippen LogP contribution in [0.15, 0.2) is 22.7 Å². The number of amides is 1. The van der Waals surface area contributed by atoms with E-state index in [4.69, 9.17) is 5.11 Å². The molecule has 0 saturated heterocycles. The van der Waals surface area contributed by atoms with E-state index in [0.717, 1.165) is 0 Å². The number of fused-ring (bicyclic) bond motifs is 1. The first kappa shape index (κ1) is 15.5. The maximum atomic E-state index is 13.7. The molecule has 0 aliphatic carbocycles. The lowest BCUT2D eigenvalue weighted by molar-refractivity contribution is -0.146. The van der Waals surface area contributed by atoms with Crippen LogP contribution in [0.25, 0.3) is 10.9 Å². The van der Waals surface area contributed by atoms with Crippen molar-refractivity contribution in [2.75, 3.05) is 6.54 Å². The van der Waals surface area contributed by atoms with E-state index in [9.17, 15) is 14.0 Å². The highest BCUT2D eigenvalue weighted by Gasteiger charge is 2.28. The minimum absolute atomic E-state index is 0.0251. The van der Waals surface area contributed by atoms with Gasteiger partial charge in [-0.25, -0.2) is 4.39 Å². The molecule has 1 aromatic heterocycles. The molecule has 1 aromatic carbocycles. The molecule has 21 heavy (non-hydrogen) atoms. The van der Waals surface area contributed by atoms with Crippen LogP contribution in [0.5, 0.6) is 0 Å². The van der Waals surface area contributed by atoms with Gasteiger partial charge in [0.05, 0.1) is 10.9 Å². The van der Waals surface area contributed by atoms with Gasteiger partial charge in [0.15, 0.2) is 0 Å². The molecule has 2 aromatic rings. The minimum atomic E-state index is -1.07. The van der Waals surface area contributed by atoms with Crippen molar-refractivity contribution in [2.45, 2.75) is 13.8 Å². The summed E-state index contributed by atoms with van der Waals surface area (Å²) in [4.78, 5) is 25.8. The predicted octanol–water partition coefficient (Wildman–Crippen LogP) is 2.91. The first-order valence-electron chi connectivity index (χ1n) is 6.20. The Labute approximate surface area is 128 Å². The fourth-order valence-corrected chi connectivity index (χ4v) is 2.18. The number of carboxylic acids is 1. The van der Waals surface area contributed by atoms with Gasteiger partial charge in [-0.3, -0.25) is 9.59 Å². The molecule has 3 N–H and O–H groups in total. The number of hydrogen-bond acceptors (Lipinski definition) is 2. The maximum absolute atomic E-state index is 13.7. The lowest BCUT2D eigenvalue weighted by atomic mass is 9.94. The van der Waals surface area contributed by atoms with Gasteiger partial charge < -0.3 is 15.4 Å². The Morgan fingerprint density at radius 1 is 1.38 bits per heavy atom. The Kier molecular flexibility index (Phi) is 4.04. The zero-order valence-corrected chi connectivity index (χ0v) is 13.0. The summed E-state index contributed by atoms with van der Waals surface area (Å²) in [6, 6.07) is 4.38. The predicted molar refractivity (Wildman–Crippen MR) is 79.7 cm³/mol. The molecule has 0 aliphatic rings. The fraction of sp³-hybridized carbons (Fsp3) is 0.286. The molecule has 1 amide bonds. The van der Waals surface area contributed by atoms with E-state index in [1.807, 2.05) is 0 Å². The van der Waals surface area contributed by atoms with Crippen LogP contribution in [0, 0.1) is 11.2 Å². The van der Waals surface area contributed by atoms with Crippen molar-refractivity contribution in [3.05, 3.63) is 34.2 Å². The van der Waals surface area contributed by atoms with E-state index in [2.05, 4.69) is 26.2 Å². The Morgan fingerprint density at radius 3 is 2.67 bits per heavy atom. The van der Waals surface area contributed by atoms with Crippen molar-refractivity contribution in [2.24, 2.45) is 5.41 Å². The van der Waals surface area contributed by atoms with Gasteiger partial charge in [0.25, 0.3) is 5.91 Å². The van der Waals surface area contributed by atoms with Crippen LogP contribution in [0.3, 0.4) is 0 Å². The van der Waals surface area contributed by atoms with Crippen LogP contribution in [0.4, 0.5) is 4.39 Å². The zero-order chi connectivity index (χ0) is 15.8. The largest absolute Gasteiger partial charge is 0.481 e. The molecule has 112 valence electrons. The lowest BCUT2D eigenvalue weighted by Crippen LogP contribution is -2.39. The zero-order valence-electron chi connectivity index (χ0n) is 11.5. The Bertz CT molecular complexity index is 724. The quantitative estimate of drug-likeness (QED) is 0.787. The highest BCUT2D eigenvalue weighted by molar-refractivity contribution is 9.10. The summed E-state index contributed by atoms with van der Waals surface area (Å²) in [5, 5.41) is 11.8. The van der Waals surface area contributed by atoms with E-state index in [-0.39, 0.29) is 12.2 Å². The smallest absolute Gasteiger partial charge is 0.310 e. The Hall–Kier alpha value is -1.89. The first-order valence-corrected chi connectivity index (χ1v) is 6.99. The number of benzene rings is 1. The van der Waals surface area contributed by atoms with Crippen molar-refractivity contribution < 1.29 is 19.1 Å². The highest BCUT2D eigenvalue weighted by atomic mass is 79.9. The highest BCUT2D eigenvalue weighted by Crippen LogP contribution is 2.24. The fourth-order valence-electron chi connectivity index (χ4n) is 1.75. The standard InChI is InChI=1S/C14H14BrFN2O3/c1-14(2,13(20)21)6-17-12(19)11-5-8-9(16)3-7(15)4-10(8)18-11/h3-5,18H,6H2,1-2H3,(H,17,19)(H,20,21). The van der Waals surface area contributed by atoms with E-state index < -0.39 is 23.1 Å². The van der Waals surface area contributed by atoms with Gasteiger partial charge in [-0.15, -0.1) is 0 Å². The number of nitrogens with one attached hydrogen (secondary N) is 2. The molecule has 0 aliphatic heterocycles. The Balaban J connectivity index is 2.21. The van der Waals surface area contributed by atoms with E-state index >= 15 is 0 Å². The summed E-state index contributed by atoms with van der Waals surface area (Å²) in [5.74, 6) is -1.92. The normalized spacial score (nSPS) is 11.6. The number of rotatable bonds is 4. The molecule has 0 fully saturated rings. The minimum Gasteiger partial charge on any atom is -0.481 e. The van der Waals surface area contributed by atoms with E-state index in [0.29, 0.717) is 15.4 Å². The lowest BCUT2D eigenvalue weighted by Gasteiger charge is -2.19. The SMILES string of the molecule is CC(C)(CNC(=O)c1cc2c(F)cc(Br)cc2[nH]1)C(=O)O. The third kappa shape index (κ3) is 3.24. The molecule has 0 unspecified atom stereocenters. The van der Waals surface area contributed by atoms with Gasteiger partial charge in [-0.05, 0) is 32.0 Å².